The summed E-state index contributed by atoms with van der Waals surface area (Å²) >= 11 is 1.45. The molecule has 0 aliphatic heterocycles. The average Bonchev–Trinajstić information content (AvgIpc) is 3.09. The van der Waals surface area contributed by atoms with Crippen LogP contribution in [0.5, 0.6) is 0 Å². The molecule has 0 N–H and O–H groups in total. The molecule has 114 valence electrons. The topological polar surface area (TPSA) is 101 Å². The zero-order chi connectivity index (χ0) is 14.7. The maximum atomic E-state index is 5.22. The summed E-state index contributed by atoms with van der Waals surface area (Å²) in [6, 6.07) is 0. The second-order valence-corrected chi connectivity index (χ2v) is 5.60. The second kappa shape index (κ2) is 6.50. The van der Waals surface area contributed by atoms with Crippen LogP contribution < -0.4 is 0 Å². The SMILES string of the molecule is COC(Cn1nnnc1SCc1noc(C2CC2)n1)OC. The Labute approximate surface area is 125 Å². The van der Waals surface area contributed by atoms with E-state index in [9.17, 15) is 0 Å². The zero-order valence-corrected chi connectivity index (χ0v) is 12.6. The molecule has 10 heteroatoms. The van der Waals surface area contributed by atoms with Gasteiger partial charge in [-0.1, -0.05) is 16.9 Å². The molecule has 1 saturated carbocycles. The number of nitrogens with zero attached hydrogens (tertiary/aromatic N) is 6. The molecule has 0 radical (unpaired) electrons. The number of rotatable bonds is 8. The summed E-state index contributed by atoms with van der Waals surface area (Å²) in [5.41, 5.74) is 0. The number of hydrogen-bond acceptors (Lipinski definition) is 9. The maximum absolute atomic E-state index is 5.22. The lowest BCUT2D eigenvalue weighted by Crippen LogP contribution is -2.21. The van der Waals surface area contributed by atoms with E-state index in [0.29, 0.717) is 29.2 Å². The first-order valence-electron chi connectivity index (χ1n) is 6.57. The van der Waals surface area contributed by atoms with Crippen molar-refractivity contribution in [3.63, 3.8) is 0 Å². The van der Waals surface area contributed by atoms with Crippen LogP contribution in [-0.2, 0) is 21.8 Å². The molecular formula is C11H16N6O3S. The second-order valence-electron chi connectivity index (χ2n) is 4.66. The third-order valence-corrected chi connectivity index (χ3v) is 4.04. The molecule has 1 fully saturated rings. The van der Waals surface area contributed by atoms with Crippen LogP contribution in [0.4, 0.5) is 0 Å². The number of methoxy groups -OCH3 is 2. The molecule has 0 aromatic carbocycles. The lowest BCUT2D eigenvalue weighted by atomic mass is 10.4. The normalized spacial score (nSPS) is 15.0. The Morgan fingerprint density at radius 2 is 2.19 bits per heavy atom. The molecule has 2 aromatic heterocycles. The first kappa shape index (κ1) is 14.4. The molecule has 0 unspecified atom stereocenters. The van der Waals surface area contributed by atoms with E-state index in [4.69, 9.17) is 14.0 Å². The highest BCUT2D eigenvalue weighted by Gasteiger charge is 2.29. The van der Waals surface area contributed by atoms with E-state index in [2.05, 4.69) is 25.7 Å². The van der Waals surface area contributed by atoms with Crippen molar-refractivity contribution in [1.29, 1.82) is 0 Å². The Kier molecular flexibility index (Phi) is 4.46. The van der Waals surface area contributed by atoms with Crippen molar-refractivity contribution in [3.8, 4) is 0 Å². The minimum Gasteiger partial charge on any atom is -0.354 e. The highest BCUT2D eigenvalue weighted by atomic mass is 32.2. The average molecular weight is 312 g/mol. The summed E-state index contributed by atoms with van der Waals surface area (Å²) in [6.07, 6.45) is 1.89. The Hall–Kier alpha value is -1.52. The van der Waals surface area contributed by atoms with Gasteiger partial charge in [0.05, 0.1) is 12.3 Å². The van der Waals surface area contributed by atoms with Crippen LogP contribution in [0.1, 0.15) is 30.5 Å². The van der Waals surface area contributed by atoms with E-state index >= 15 is 0 Å². The van der Waals surface area contributed by atoms with Crippen LogP contribution >= 0.6 is 11.8 Å². The minimum absolute atomic E-state index is 0.389. The van der Waals surface area contributed by atoms with Crippen LogP contribution in [0.25, 0.3) is 0 Å². The number of ether oxygens (including phenoxy) is 2. The highest BCUT2D eigenvalue weighted by Crippen LogP contribution is 2.39. The Bertz CT molecular complexity index is 580. The van der Waals surface area contributed by atoms with Crippen molar-refractivity contribution < 1.29 is 14.0 Å². The summed E-state index contributed by atoms with van der Waals surface area (Å²) in [6.45, 7) is 0.419. The van der Waals surface area contributed by atoms with Crippen molar-refractivity contribution in [1.82, 2.24) is 30.3 Å². The fourth-order valence-electron chi connectivity index (χ4n) is 1.75. The Morgan fingerprint density at radius 1 is 1.38 bits per heavy atom. The van der Waals surface area contributed by atoms with Gasteiger partial charge in [0.15, 0.2) is 12.1 Å². The van der Waals surface area contributed by atoms with Crippen LogP contribution in [-0.4, -0.2) is 50.9 Å². The van der Waals surface area contributed by atoms with Gasteiger partial charge >= 0.3 is 0 Å². The van der Waals surface area contributed by atoms with Crippen LogP contribution in [0.15, 0.2) is 9.68 Å². The minimum atomic E-state index is -0.389. The number of aromatic nitrogens is 6. The predicted octanol–water partition coefficient (Wildman–Crippen LogP) is 0.845. The van der Waals surface area contributed by atoms with E-state index in [1.807, 2.05) is 0 Å². The van der Waals surface area contributed by atoms with Crippen molar-refractivity contribution in [2.75, 3.05) is 14.2 Å². The predicted molar refractivity (Wildman–Crippen MR) is 71.5 cm³/mol. The molecule has 2 aromatic rings. The van der Waals surface area contributed by atoms with Crippen molar-refractivity contribution >= 4 is 11.8 Å². The number of thioether (sulfide) groups is 1. The summed E-state index contributed by atoms with van der Waals surface area (Å²) in [5.74, 6) is 2.42. The largest absolute Gasteiger partial charge is 0.354 e. The van der Waals surface area contributed by atoms with Crippen LogP contribution in [0.2, 0.25) is 0 Å². The number of tetrazole rings is 1. The fourth-order valence-corrected chi connectivity index (χ4v) is 2.48. The first-order chi connectivity index (χ1) is 10.3. The molecule has 21 heavy (non-hydrogen) atoms. The van der Waals surface area contributed by atoms with Gasteiger partial charge in [0.25, 0.3) is 0 Å². The Balaban J connectivity index is 1.58. The van der Waals surface area contributed by atoms with E-state index < -0.39 is 0 Å². The molecule has 1 aliphatic carbocycles. The molecule has 3 rings (SSSR count). The van der Waals surface area contributed by atoms with Gasteiger partial charge in [-0.05, 0) is 23.3 Å². The quantitative estimate of drug-likeness (QED) is 0.518. The smallest absolute Gasteiger partial charge is 0.229 e. The standard InChI is InChI=1S/C11H16N6O3S/c1-18-9(19-2)5-17-11(13-15-16-17)21-6-8-12-10(20-14-8)7-3-4-7/h7,9H,3-6H2,1-2H3. The van der Waals surface area contributed by atoms with Gasteiger partial charge in [-0.25, -0.2) is 4.68 Å². The molecule has 0 saturated heterocycles. The van der Waals surface area contributed by atoms with Crippen molar-refractivity contribution in [3.05, 3.63) is 11.7 Å². The van der Waals surface area contributed by atoms with Crippen molar-refractivity contribution in [2.45, 2.75) is 42.5 Å². The van der Waals surface area contributed by atoms with Crippen LogP contribution in [0.3, 0.4) is 0 Å². The molecule has 0 amide bonds. The Morgan fingerprint density at radius 3 is 2.90 bits per heavy atom. The monoisotopic (exact) mass is 312 g/mol. The van der Waals surface area contributed by atoms with E-state index in [1.165, 1.54) is 11.8 Å². The number of hydrogen-bond donors (Lipinski definition) is 0. The lowest BCUT2D eigenvalue weighted by Gasteiger charge is -2.13. The lowest BCUT2D eigenvalue weighted by molar-refractivity contribution is -0.113. The third kappa shape index (κ3) is 3.57. The third-order valence-electron chi connectivity index (χ3n) is 3.09. The van der Waals surface area contributed by atoms with E-state index in [0.717, 1.165) is 18.7 Å². The molecule has 0 bridgehead atoms. The molecule has 0 atom stereocenters. The van der Waals surface area contributed by atoms with Gasteiger partial charge in [0.1, 0.15) is 0 Å². The van der Waals surface area contributed by atoms with Gasteiger partial charge in [0, 0.05) is 20.1 Å². The van der Waals surface area contributed by atoms with Gasteiger partial charge < -0.3 is 14.0 Å². The molecular weight excluding hydrogens is 296 g/mol. The summed E-state index contributed by atoms with van der Waals surface area (Å²) in [4.78, 5) is 4.37. The van der Waals surface area contributed by atoms with Gasteiger partial charge in [-0.2, -0.15) is 4.98 Å². The molecule has 9 nitrogen and oxygen atoms in total. The summed E-state index contributed by atoms with van der Waals surface area (Å²) < 4.78 is 17.1. The first-order valence-corrected chi connectivity index (χ1v) is 7.55. The fraction of sp³-hybridized carbons (Fsp3) is 0.727. The molecule has 2 heterocycles. The zero-order valence-electron chi connectivity index (χ0n) is 11.8. The summed E-state index contributed by atoms with van der Waals surface area (Å²) in [5, 5.41) is 16.2. The molecule has 1 aliphatic rings. The van der Waals surface area contributed by atoms with Gasteiger partial charge in [-0.3, -0.25) is 0 Å². The summed E-state index contributed by atoms with van der Waals surface area (Å²) in [7, 11) is 3.15. The van der Waals surface area contributed by atoms with Crippen molar-refractivity contribution in [2.24, 2.45) is 0 Å². The van der Waals surface area contributed by atoms with E-state index in [1.54, 1.807) is 18.9 Å². The van der Waals surface area contributed by atoms with Gasteiger partial charge in [0.2, 0.25) is 11.0 Å². The van der Waals surface area contributed by atoms with Gasteiger partial charge in [-0.15, -0.1) is 5.10 Å². The van der Waals surface area contributed by atoms with E-state index in [-0.39, 0.29) is 6.29 Å². The molecule has 0 spiro atoms. The highest BCUT2D eigenvalue weighted by molar-refractivity contribution is 7.98. The maximum Gasteiger partial charge on any atom is 0.229 e. The van der Waals surface area contributed by atoms with Crippen LogP contribution in [0, 0.1) is 0 Å².